The van der Waals surface area contributed by atoms with Gasteiger partial charge in [-0.25, -0.2) is 9.97 Å². The largest absolute Gasteiger partial charge is 0.360 e. The maximum Gasteiger partial charge on any atom is 0.239 e. The van der Waals surface area contributed by atoms with Crippen LogP contribution in [0.5, 0.6) is 0 Å². The summed E-state index contributed by atoms with van der Waals surface area (Å²) in [6.45, 7) is 7.45. The molecular weight excluding hydrogens is 372 g/mol. The third-order valence-electron chi connectivity index (χ3n) is 4.99. The lowest BCUT2D eigenvalue weighted by molar-refractivity contribution is -0.117. The summed E-state index contributed by atoms with van der Waals surface area (Å²) in [5, 5.41) is 10.6. The quantitative estimate of drug-likeness (QED) is 0.701. The summed E-state index contributed by atoms with van der Waals surface area (Å²) in [6, 6.07) is 3.59. The number of aryl methyl sites for hydroxylation is 3. The molecule has 29 heavy (non-hydrogen) atoms. The highest BCUT2D eigenvalue weighted by molar-refractivity contribution is 5.91. The van der Waals surface area contributed by atoms with Crippen molar-refractivity contribution in [2.45, 2.75) is 39.5 Å². The van der Waals surface area contributed by atoms with Crippen molar-refractivity contribution in [1.82, 2.24) is 25.2 Å². The molecule has 0 aromatic carbocycles. The monoisotopic (exact) mass is 396 g/mol. The fraction of sp³-hybridized carbons (Fsp3) is 0.450. The first-order valence-electron chi connectivity index (χ1n) is 9.70. The molecule has 152 valence electrons. The Morgan fingerprint density at radius 3 is 2.83 bits per heavy atom. The van der Waals surface area contributed by atoms with Gasteiger partial charge in [-0.1, -0.05) is 10.3 Å². The maximum absolute atomic E-state index is 12.4. The first kappa shape index (κ1) is 19.3. The molecule has 1 atom stereocenters. The minimum atomic E-state index is -0.107. The molecule has 0 spiro atoms. The molecule has 0 aliphatic carbocycles. The molecule has 3 aromatic rings. The number of likely N-dealkylation sites (tertiary alicyclic amines) is 1. The molecule has 1 amide bonds. The lowest BCUT2D eigenvalue weighted by atomic mass is 9.91. The van der Waals surface area contributed by atoms with Gasteiger partial charge in [-0.05, 0) is 40.2 Å². The van der Waals surface area contributed by atoms with Crippen LogP contribution in [-0.2, 0) is 4.79 Å². The van der Waals surface area contributed by atoms with Gasteiger partial charge in [0.05, 0.1) is 23.5 Å². The van der Waals surface area contributed by atoms with Crippen LogP contribution in [-0.4, -0.2) is 50.7 Å². The Morgan fingerprint density at radius 2 is 2.10 bits per heavy atom. The number of aromatic nitrogens is 4. The zero-order chi connectivity index (χ0) is 20.4. The molecular formula is C20H24N6O3. The lowest BCUT2D eigenvalue weighted by Crippen LogP contribution is -2.40. The Morgan fingerprint density at radius 1 is 1.24 bits per heavy atom. The van der Waals surface area contributed by atoms with E-state index in [1.807, 2.05) is 19.9 Å². The predicted molar refractivity (Wildman–Crippen MR) is 105 cm³/mol. The molecule has 1 aliphatic rings. The fourth-order valence-corrected chi connectivity index (χ4v) is 3.71. The molecule has 0 saturated carbocycles. The second-order valence-electron chi connectivity index (χ2n) is 7.49. The van der Waals surface area contributed by atoms with Gasteiger partial charge in [-0.15, -0.1) is 0 Å². The van der Waals surface area contributed by atoms with Gasteiger partial charge in [-0.3, -0.25) is 9.69 Å². The number of carbonyl (C=O) groups is 1. The highest BCUT2D eigenvalue weighted by Gasteiger charge is 2.27. The van der Waals surface area contributed by atoms with Gasteiger partial charge in [0, 0.05) is 30.8 Å². The first-order chi connectivity index (χ1) is 14.0. The normalized spacial score (nSPS) is 17.4. The van der Waals surface area contributed by atoms with Gasteiger partial charge >= 0.3 is 0 Å². The molecule has 4 heterocycles. The summed E-state index contributed by atoms with van der Waals surface area (Å²) < 4.78 is 10.4. The number of hydrogen-bond acceptors (Lipinski definition) is 8. The van der Waals surface area contributed by atoms with Crippen molar-refractivity contribution in [2.24, 2.45) is 0 Å². The van der Waals surface area contributed by atoms with Crippen molar-refractivity contribution < 1.29 is 13.8 Å². The van der Waals surface area contributed by atoms with Crippen LogP contribution < -0.4 is 5.32 Å². The fourth-order valence-electron chi connectivity index (χ4n) is 3.71. The number of carbonyl (C=O) groups excluding carboxylic acids is 1. The van der Waals surface area contributed by atoms with E-state index in [4.69, 9.17) is 14.0 Å². The molecule has 3 aromatic heterocycles. The molecule has 1 fully saturated rings. The standard InChI is InChI=1S/C20H24N6O3/c1-12-7-17(29-24-12)16-9-21-14(3)22-20(16)15-5-4-6-26(10-15)11-19(27)23-18-8-13(2)28-25-18/h7-9,15H,4-6,10-11H2,1-3H3,(H,23,25,27)/t15-/m0/s1. The maximum atomic E-state index is 12.4. The molecule has 4 rings (SSSR count). The zero-order valence-corrected chi connectivity index (χ0v) is 16.8. The third kappa shape index (κ3) is 4.51. The van der Waals surface area contributed by atoms with E-state index in [1.54, 1.807) is 19.2 Å². The van der Waals surface area contributed by atoms with Gasteiger partial charge in [0.25, 0.3) is 0 Å². The molecule has 0 unspecified atom stereocenters. The minimum absolute atomic E-state index is 0.107. The Labute approximate surface area is 168 Å². The van der Waals surface area contributed by atoms with Crippen molar-refractivity contribution in [2.75, 3.05) is 25.0 Å². The second kappa shape index (κ2) is 8.12. The van der Waals surface area contributed by atoms with Gasteiger partial charge in [0.2, 0.25) is 5.91 Å². The summed E-state index contributed by atoms with van der Waals surface area (Å²) in [6.07, 6.45) is 3.78. The van der Waals surface area contributed by atoms with Gasteiger partial charge in [-0.2, -0.15) is 0 Å². The number of rotatable bonds is 5. The van der Waals surface area contributed by atoms with E-state index >= 15 is 0 Å². The van der Waals surface area contributed by atoms with Gasteiger partial charge in [0.15, 0.2) is 11.6 Å². The lowest BCUT2D eigenvalue weighted by Gasteiger charge is -2.32. The van der Waals surface area contributed by atoms with Crippen molar-refractivity contribution >= 4 is 11.7 Å². The van der Waals surface area contributed by atoms with Crippen LogP contribution in [0.3, 0.4) is 0 Å². The molecule has 9 nitrogen and oxygen atoms in total. The number of nitrogens with zero attached hydrogens (tertiary/aromatic N) is 5. The number of amides is 1. The molecule has 1 saturated heterocycles. The third-order valence-corrected chi connectivity index (χ3v) is 4.99. The van der Waals surface area contributed by atoms with E-state index < -0.39 is 0 Å². The zero-order valence-electron chi connectivity index (χ0n) is 16.8. The van der Waals surface area contributed by atoms with Crippen LogP contribution in [0.4, 0.5) is 5.82 Å². The van der Waals surface area contributed by atoms with Crippen molar-refractivity contribution in [3.8, 4) is 11.3 Å². The Balaban J connectivity index is 1.48. The minimum Gasteiger partial charge on any atom is -0.360 e. The second-order valence-corrected chi connectivity index (χ2v) is 7.49. The predicted octanol–water partition coefficient (Wildman–Crippen LogP) is 2.86. The van der Waals surface area contributed by atoms with Crippen LogP contribution in [0.15, 0.2) is 27.4 Å². The molecule has 9 heteroatoms. The summed E-state index contributed by atoms with van der Waals surface area (Å²) in [4.78, 5) is 23.6. The van der Waals surface area contributed by atoms with Crippen molar-refractivity contribution in [3.63, 3.8) is 0 Å². The molecule has 1 N–H and O–H groups in total. The topological polar surface area (TPSA) is 110 Å². The molecule has 0 radical (unpaired) electrons. The average Bonchev–Trinajstić information content (AvgIpc) is 3.30. The van der Waals surface area contributed by atoms with E-state index in [0.717, 1.165) is 48.7 Å². The highest BCUT2D eigenvalue weighted by Crippen LogP contribution is 2.33. The highest BCUT2D eigenvalue weighted by atomic mass is 16.5. The van der Waals surface area contributed by atoms with Crippen LogP contribution in [0.1, 0.15) is 41.7 Å². The Bertz CT molecular complexity index is 1010. The first-order valence-corrected chi connectivity index (χ1v) is 9.70. The Hall–Kier alpha value is -3.07. The SMILES string of the molecule is Cc1cc(-c2cnc(C)nc2[C@H]2CCCN(CC(=O)Nc3cc(C)on3)C2)on1. The van der Waals surface area contributed by atoms with Crippen LogP contribution in [0.2, 0.25) is 0 Å². The van der Waals surface area contributed by atoms with E-state index in [9.17, 15) is 4.79 Å². The number of hydrogen-bond donors (Lipinski definition) is 1. The summed E-state index contributed by atoms with van der Waals surface area (Å²) >= 11 is 0. The van der Waals surface area contributed by atoms with E-state index in [0.29, 0.717) is 23.9 Å². The molecule has 0 bridgehead atoms. The number of nitrogens with one attached hydrogen (secondary N) is 1. The Kier molecular flexibility index (Phi) is 5.39. The van der Waals surface area contributed by atoms with Crippen LogP contribution in [0, 0.1) is 20.8 Å². The summed E-state index contributed by atoms with van der Waals surface area (Å²) in [5.74, 6) is 2.57. The number of anilines is 1. The van der Waals surface area contributed by atoms with Crippen molar-refractivity contribution in [1.29, 1.82) is 0 Å². The summed E-state index contributed by atoms with van der Waals surface area (Å²) in [5.41, 5.74) is 2.63. The number of piperidine rings is 1. The van der Waals surface area contributed by atoms with Crippen molar-refractivity contribution in [3.05, 3.63) is 41.3 Å². The van der Waals surface area contributed by atoms with E-state index in [1.165, 1.54) is 0 Å². The summed E-state index contributed by atoms with van der Waals surface area (Å²) in [7, 11) is 0. The smallest absolute Gasteiger partial charge is 0.239 e. The van der Waals surface area contributed by atoms with Crippen LogP contribution >= 0.6 is 0 Å². The van der Waals surface area contributed by atoms with Gasteiger partial charge < -0.3 is 14.4 Å². The van der Waals surface area contributed by atoms with E-state index in [-0.39, 0.29) is 11.8 Å². The average molecular weight is 396 g/mol. The molecule has 1 aliphatic heterocycles. The van der Waals surface area contributed by atoms with Gasteiger partial charge in [0.1, 0.15) is 11.6 Å². The van der Waals surface area contributed by atoms with E-state index in [2.05, 4.69) is 25.5 Å². The van der Waals surface area contributed by atoms with Crippen LogP contribution in [0.25, 0.3) is 11.3 Å².